The van der Waals surface area contributed by atoms with Gasteiger partial charge in [0.2, 0.25) is 5.91 Å². The first kappa shape index (κ1) is 18.0. The van der Waals surface area contributed by atoms with Gasteiger partial charge in [0, 0.05) is 10.6 Å². The van der Waals surface area contributed by atoms with Gasteiger partial charge in [-0.3, -0.25) is 4.79 Å². The lowest BCUT2D eigenvalue weighted by Crippen LogP contribution is -2.36. The maximum atomic E-state index is 12.0. The standard InChI is InChI=1S/C18H20N2O3S/c1-23-18(22)13-7-9-15(10-8-13)24-12-11-16(19)17(21)20-14-5-3-2-4-6-14/h2-10,16H,11-12,19H2,1H3,(H,20,21). The highest BCUT2D eigenvalue weighted by Crippen LogP contribution is 2.20. The molecule has 0 spiro atoms. The van der Waals surface area contributed by atoms with Crippen LogP contribution in [-0.4, -0.2) is 30.8 Å². The minimum Gasteiger partial charge on any atom is -0.465 e. The summed E-state index contributed by atoms with van der Waals surface area (Å²) in [6.45, 7) is 0. The van der Waals surface area contributed by atoms with Gasteiger partial charge in [-0.1, -0.05) is 18.2 Å². The van der Waals surface area contributed by atoms with Gasteiger partial charge in [-0.15, -0.1) is 11.8 Å². The number of esters is 1. The molecule has 5 nitrogen and oxygen atoms in total. The van der Waals surface area contributed by atoms with Gasteiger partial charge in [-0.05, 0) is 48.6 Å². The van der Waals surface area contributed by atoms with Crippen LogP contribution in [0.2, 0.25) is 0 Å². The fraction of sp³-hybridized carbons (Fsp3) is 0.222. The quantitative estimate of drug-likeness (QED) is 0.596. The number of nitrogens with two attached hydrogens (primary N) is 1. The van der Waals surface area contributed by atoms with Crippen molar-refractivity contribution in [1.29, 1.82) is 0 Å². The molecule has 1 atom stereocenters. The predicted octanol–water partition coefficient (Wildman–Crippen LogP) is 2.92. The number of amides is 1. The second kappa shape index (κ2) is 9.10. The highest BCUT2D eigenvalue weighted by molar-refractivity contribution is 7.99. The van der Waals surface area contributed by atoms with E-state index in [0.29, 0.717) is 17.7 Å². The molecule has 0 aliphatic heterocycles. The van der Waals surface area contributed by atoms with Crippen LogP contribution < -0.4 is 11.1 Å². The van der Waals surface area contributed by atoms with Crippen LogP contribution in [0, 0.1) is 0 Å². The Morgan fingerprint density at radius 1 is 1.12 bits per heavy atom. The van der Waals surface area contributed by atoms with Crippen LogP contribution in [0.5, 0.6) is 0 Å². The summed E-state index contributed by atoms with van der Waals surface area (Å²) in [5, 5.41) is 2.79. The molecule has 1 amide bonds. The van der Waals surface area contributed by atoms with E-state index in [4.69, 9.17) is 5.73 Å². The fourth-order valence-corrected chi connectivity index (χ4v) is 2.93. The zero-order chi connectivity index (χ0) is 17.4. The number of anilines is 1. The topological polar surface area (TPSA) is 81.4 Å². The number of hydrogen-bond donors (Lipinski definition) is 2. The maximum absolute atomic E-state index is 12.0. The van der Waals surface area contributed by atoms with Crippen LogP contribution >= 0.6 is 11.8 Å². The summed E-state index contributed by atoms with van der Waals surface area (Å²) >= 11 is 1.59. The maximum Gasteiger partial charge on any atom is 0.337 e. The Kier molecular flexibility index (Phi) is 6.84. The molecule has 126 valence electrons. The van der Waals surface area contributed by atoms with Crippen LogP contribution in [0.1, 0.15) is 16.8 Å². The van der Waals surface area contributed by atoms with Gasteiger partial charge in [0.25, 0.3) is 0 Å². The Morgan fingerprint density at radius 2 is 1.79 bits per heavy atom. The van der Waals surface area contributed by atoms with E-state index in [1.165, 1.54) is 7.11 Å². The highest BCUT2D eigenvalue weighted by atomic mass is 32.2. The summed E-state index contributed by atoms with van der Waals surface area (Å²) in [5.74, 6) is 0.162. The van der Waals surface area contributed by atoms with Crippen molar-refractivity contribution in [2.45, 2.75) is 17.4 Å². The summed E-state index contributed by atoms with van der Waals surface area (Å²) in [6.07, 6.45) is 0.558. The van der Waals surface area contributed by atoms with Crippen molar-refractivity contribution in [3.63, 3.8) is 0 Å². The van der Waals surface area contributed by atoms with Crippen molar-refractivity contribution >= 4 is 29.3 Å². The Labute approximate surface area is 145 Å². The molecule has 0 saturated heterocycles. The summed E-state index contributed by atoms with van der Waals surface area (Å²) in [4.78, 5) is 24.4. The molecule has 2 rings (SSSR count). The number of carbonyl (C=O) groups excluding carboxylic acids is 2. The van der Waals surface area contributed by atoms with Gasteiger partial charge in [-0.2, -0.15) is 0 Å². The number of thioether (sulfide) groups is 1. The van der Waals surface area contributed by atoms with E-state index >= 15 is 0 Å². The van der Waals surface area contributed by atoms with E-state index in [-0.39, 0.29) is 11.9 Å². The van der Waals surface area contributed by atoms with Crippen LogP contribution in [-0.2, 0) is 9.53 Å². The zero-order valence-electron chi connectivity index (χ0n) is 13.4. The van der Waals surface area contributed by atoms with Gasteiger partial charge < -0.3 is 15.8 Å². The second-order valence-corrected chi connectivity index (χ2v) is 6.28. The van der Waals surface area contributed by atoms with Crippen LogP contribution in [0.15, 0.2) is 59.5 Å². The molecule has 0 heterocycles. The predicted molar refractivity (Wildman–Crippen MR) is 96.2 cm³/mol. The number of nitrogens with one attached hydrogen (secondary N) is 1. The molecule has 24 heavy (non-hydrogen) atoms. The fourth-order valence-electron chi connectivity index (χ4n) is 2.00. The van der Waals surface area contributed by atoms with Crippen LogP contribution in [0.3, 0.4) is 0 Å². The third-order valence-electron chi connectivity index (χ3n) is 3.35. The van der Waals surface area contributed by atoms with E-state index in [9.17, 15) is 9.59 Å². The molecular formula is C18H20N2O3S. The Bertz CT molecular complexity index is 674. The van der Waals surface area contributed by atoms with E-state index in [0.717, 1.165) is 10.6 Å². The Hall–Kier alpha value is -2.31. The minimum absolute atomic E-state index is 0.192. The van der Waals surface area contributed by atoms with Crippen molar-refractivity contribution in [3.8, 4) is 0 Å². The molecular weight excluding hydrogens is 324 g/mol. The second-order valence-electron chi connectivity index (χ2n) is 5.11. The molecule has 2 aromatic rings. The molecule has 0 aromatic heterocycles. The van der Waals surface area contributed by atoms with Gasteiger partial charge >= 0.3 is 5.97 Å². The lowest BCUT2D eigenvalue weighted by atomic mass is 10.2. The van der Waals surface area contributed by atoms with E-state index in [1.807, 2.05) is 42.5 Å². The zero-order valence-corrected chi connectivity index (χ0v) is 14.2. The number of ether oxygens (including phenoxy) is 1. The third kappa shape index (κ3) is 5.40. The molecule has 0 fully saturated rings. The highest BCUT2D eigenvalue weighted by Gasteiger charge is 2.13. The molecule has 0 bridgehead atoms. The average molecular weight is 344 g/mol. The van der Waals surface area contributed by atoms with Gasteiger partial charge in [0.15, 0.2) is 0 Å². The molecule has 3 N–H and O–H groups in total. The lowest BCUT2D eigenvalue weighted by molar-refractivity contribution is -0.117. The summed E-state index contributed by atoms with van der Waals surface area (Å²) < 4.78 is 4.66. The summed E-state index contributed by atoms with van der Waals surface area (Å²) in [7, 11) is 1.35. The number of hydrogen-bond acceptors (Lipinski definition) is 5. The lowest BCUT2D eigenvalue weighted by Gasteiger charge is -2.12. The SMILES string of the molecule is COC(=O)c1ccc(SCCC(N)C(=O)Nc2ccccc2)cc1. The van der Waals surface area contributed by atoms with Gasteiger partial charge in [-0.25, -0.2) is 4.79 Å². The monoisotopic (exact) mass is 344 g/mol. The first-order valence-corrected chi connectivity index (χ1v) is 8.51. The van der Waals surface area contributed by atoms with Gasteiger partial charge in [0.1, 0.15) is 0 Å². The number of rotatable bonds is 7. The minimum atomic E-state index is -0.563. The number of carbonyl (C=O) groups is 2. The Balaban J connectivity index is 1.76. The first-order valence-electron chi connectivity index (χ1n) is 7.53. The number of benzene rings is 2. The van der Waals surface area contributed by atoms with Crippen molar-refractivity contribution in [1.82, 2.24) is 0 Å². The van der Waals surface area contributed by atoms with E-state index in [2.05, 4.69) is 10.1 Å². The molecule has 0 saturated carbocycles. The Morgan fingerprint density at radius 3 is 2.42 bits per heavy atom. The average Bonchev–Trinajstić information content (AvgIpc) is 2.62. The summed E-state index contributed by atoms with van der Waals surface area (Å²) in [5.41, 5.74) is 7.18. The van der Waals surface area contributed by atoms with Crippen molar-refractivity contribution in [2.75, 3.05) is 18.2 Å². The first-order chi connectivity index (χ1) is 11.6. The molecule has 0 aliphatic carbocycles. The van der Waals surface area contributed by atoms with E-state index < -0.39 is 6.04 Å². The van der Waals surface area contributed by atoms with Gasteiger partial charge in [0.05, 0.1) is 18.7 Å². The smallest absolute Gasteiger partial charge is 0.337 e. The number of methoxy groups -OCH3 is 1. The van der Waals surface area contributed by atoms with Crippen molar-refractivity contribution in [3.05, 3.63) is 60.2 Å². The molecule has 2 aromatic carbocycles. The molecule has 6 heteroatoms. The number of para-hydroxylation sites is 1. The normalized spacial score (nSPS) is 11.6. The van der Waals surface area contributed by atoms with Crippen molar-refractivity contribution in [2.24, 2.45) is 5.73 Å². The molecule has 0 aliphatic rings. The third-order valence-corrected chi connectivity index (χ3v) is 4.40. The van der Waals surface area contributed by atoms with Crippen molar-refractivity contribution < 1.29 is 14.3 Å². The van der Waals surface area contributed by atoms with Crippen LogP contribution in [0.25, 0.3) is 0 Å². The molecule has 0 radical (unpaired) electrons. The van der Waals surface area contributed by atoms with E-state index in [1.54, 1.807) is 23.9 Å². The summed E-state index contributed by atoms with van der Waals surface area (Å²) in [6, 6.07) is 15.8. The van der Waals surface area contributed by atoms with Crippen LogP contribution in [0.4, 0.5) is 5.69 Å². The largest absolute Gasteiger partial charge is 0.465 e. The molecule has 1 unspecified atom stereocenters.